The van der Waals surface area contributed by atoms with Crippen LogP contribution in [0.4, 0.5) is 0 Å². The Morgan fingerprint density at radius 3 is 2.68 bits per heavy atom. The fourth-order valence-electron chi connectivity index (χ4n) is 4.16. The predicted molar refractivity (Wildman–Crippen MR) is 122 cm³/mol. The number of rotatable bonds is 4. The van der Waals surface area contributed by atoms with Crippen LogP contribution in [0.25, 0.3) is 21.7 Å². The van der Waals surface area contributed by atoms with E-state index in [1.807, 2.05) is 35.4 Å². The van der Waals surface area contributed by atoms with Gasteiger partial charge in [0.25, 0.3) is 11.6 Å². The van der Waals surface area contributed by atoms with E-state index in [9.17, 15) is 4.79 Å². The van der Waals surface area contributed by atoms with Gasteiger partial charge in [0.05, 0.1) is 27.2 Å². The maximum absolute atomic E-state index is 13.5. The first-order chi connectivity index (χ1) is 15.1. The minimum absolute atomic E-state index is 0.0201. The van der Waals surface area contributed by atoms with Gasteiger partial charge in [0.2, 0.25) is 0 Å². The Labute approximate surface area is 185 Å². The Hall–Kier alpha value is -3.03. The average Bonchev–Trinajstić information content (AvgIpc) is 3.44. The molecule has 0 bridgehead atoms. The molecule has 1 aromatic carbocycles. The van der Waals surface area contributed by atoms with E-state index in [-0.39, 0.29) is 5.91 Å². The topological polar surface area (TPSA) is 62.5 Å². The number of nitrogens with zero attached hydrogens (tertiary/aromatic N) is 4. The van der Waals surface area contributed by atoms with Gasteiger partial charge in [0, 0.05) is 32.7 Å². The van der Waals surface area contributed by atoms with Crippen LogP contribution in [0.3, 0.4) is 0 Å². The molecule has 1 aliphatic rings. The van der Waals surface area contributed by atoms with Crippen molar-refractivity contribution >= 4 is 28.3 Å². The summed E-state index contributed by atoms with van der Waals surface area (Å²) in [6.45, 7) is 8.00. The monoisotopic (exact) mass is 432 g/mol. The largest absolute Gasteiger partial charge is 0.336 e. The van der Waals surface area contributed by atoms with Crippen molar-refractivity contribution in [2.45, 2.75) is 20.4 Å². The van der Waals surface area contributed by atoms with Crippen LogP contribution in [0.15, 0.2) is 52.4 Å². The maximum Gasteiger partial charge on any atom is 0.259 e. The zero-order chi connectivity index (χ0) is 21.4. The van der Waals surface area contributed by atoms with Gasteiger partial charge < -0.3 is 9.42 Å². The average molecular weight is 433 g/mol. The molecule has 31 heavy (non-hydrogen) atoms. The third-order valence-electron chi connectivity index (χ3n) is 5.77. The van der Waals surface area contributed by atoms with Gasteiger partial charge >= 0.3 is 0 Å². The van der Waals surface area contributed by atoms with Crippen molar-refractivity contribution in [3.63, 3.8) is 0 Å². The van der Waals surface area contributed by atoms with Gasteiger partial charge in [0.1, 0.15) is 0 Å². The lowest BCUT2D eigenvalue weighted by Gasteiger charge is -2.35. The van der Waals surface area contributed by atoms with Crippen molar-refractivity contribution in [1.82, 2.24) is 19.9 Å². The van der Waals surface area contributed by atoms with E-state index in [0.717, 1.165) is 30.2 Å². The molecule has 7 heteroatoms. The van der Waals surface area contributed by atoms with Crippen LogP contribution < -0.4 is 0 Å². The molecule has 6 nitrogen and oxygen atoms in total. The smallest absolute Gasteiger partial charge is 0.259 e. The Kier molecular flexibility index (Phi) is 5.29. The summed E-state index contributed by atoms with van der Waals surface area (Å²) in [7, 11) is 0. The molecule has 1 amide bonds. The van der Waals surface area contributed by atoms with Gasteiger partial charge in [-0.3, -0.25) is 9.69 Å². The van der Waals surface area contributed by atoms with Gasteiger partial charge in [0.15, 0.2) is 0 Å². The lowest BCUT2D eigenvalue weighted by molar-refractivity contribution is 0.0630. The van der Waals surface area contributed by atoms with Gasteiger partial charge in [-0.25, -0.2) is 4.98 Å². The number of aromatic nitrogens is 2. The summed E-state index contributed by atoms with van der Waals surface area (Å²) in [6.07, 6.45) is 0. The Bertz CT molecular complexity index is 1220. The molecular weight excluding hydrogens is 408 g/mol. The molecule has 1 fully saturated rings. The first-order valence-electron chi connectivity index (χ1n) is 10.5. The van der Waals surface area contributed by atoms with Crippen LogP contribution >= 0.6 is 11.3 Å². The number of hydrogen-bond acceptors (Lipinski definition) is 6. The highest BCUT2D eigenvalue weighted by Gasteiger charge is 2.26. The number of aryl methyl sites for hydroxylation is 2. The number of piperazine rings is 1. The molecule has 4 heterocycles. The van der Waals surface area contributed by atoms with Crippen LogP contribution in [-0.2, 0) is 6.54 Å². The first-order valence-corrected chi connectivity index (χ1v) is 11.3. The number of fused-ring (bicyclic) bond motifs is 1. The summed E-state index contributed by atoms with van der Waals surface area (Å²) in [5.74, 6) is 0.0201. The molecule has 0 saturated carbocycles. The number of carbonyl (C=O) groups is 1. The second-order valence-electron chi connectivity index (χ2n) is 8.04. The molecule has 3 aromatic heterocycles. The van der Waals surface area contributed by atoms with Crippen LogP contribution in [0, 0.1) is 13.8 Å². The van der Waals surface area contributed by atoms with E-state index in [2.05, 4.69) is 46.2 Å². The van der Waals surface area contributed by atoms with Gasteiger partial charge in [-0.05, 0) is 36.9 Å². The highest BCUT2D eigenvalue weighted by atomic mass is 32.1. The third-order valence-corrected chi connectivity index (χ3v) is 6.66. The summed E-state index contributed by atoms with van der Waals surface area (Å²) in [5, 5.41) is 6.78. The minimum atomic E-state index is 0.0201. The SMILES string of the molecule is Cc1cccc(CN2CCN(C(=O)c3cc(-c4cccs4)nc4onc(C)c34)CC2)c1. The fourth-order valence-corrected chi connectivity index (χ4v) is 4.85. The summed E-state index contributed by atoms with van der Waals surface area (Å²) in [5.41, 5.74) is 5.08. The van der Waals surface area contributed by atoms with Crippen molar-refractivity contribution in [2.75, 3.05) is 26.2 Å². The van der Waals surface area contributed by atoms with E-state index in [1.54, 1.807) is 11.3 Å². The number of pyridine rings is 1. The minimum Gasteiger partial charge on any atom is -0.336 e. The third kappa shape index (κ3) is 3.98. The summed E-state index contributed by atoms with van der Waals surface area (Å²) >= 11 is 1.59. The molecule has 0 atom stereocenters. The fraction of sp³-hybridized carbons (Fsp3) is 0.292. The molecule has 0 N–H and O–H groups in total. The zero-order valence-electron chi connectivity index (χ0n) is 17.7. The highest BCUT2D eigenvalue weighted by Crippen LogP contribution is 2.30. The van der Waals surface area contributed by atoms with E-state index >= 15 is 0 Å². The zero-order valence-corrected chi connectivity index (χ0v) is 18.5. The van der Waals surface area contributed by atoms with Crippen LogP contribution in [0.2, 0.25) is 0 Å². The Morgan fingerprint density at radius 2 is 1.94 bits per heavy atom. The van der Waals surface area contributed by atoms with Crippen molar-refractivity contribution in [1.29, 1.82) is 0 Å². The lowest BCUT2D eigenvalue weighted by Crippen LogP contribution is -2.48. The number of amides is 1. The quantitative estimate of drug-likeness (QED) is 0.474. The standard InChI is InChI=1S/C24H24N4O2S/c1-16-5-3-6-18(13-16)15-27-8-10-28(11-9-27)24(29)19-14-20(21-7-4-12-31-21)25-23-22(19)17(2)26-30-23/h3-7,12-14H,8-11,15H2,1-2H3. The highest BCUT2D eigenvalue weighted by molar-refractivity contribution is 7.13. The van der Waals surface area contributed by atoms with Crippen LogP contribution in [0.1, 0.15) is 27.2 Å². The molecule has 0 radical (unpaired) electrons. The molecule has 158 valence electrons. The van der Waals surface area contributed by atoms with Gasteiger partial charge in [-0.15, -0.1) is 11.3 Å². The Balaban J connectivity index is 1.36. The predicted octanol–water partition coefficient (Wildman–Crippen LogP) is 4.53. The van der Waals surface area contributed by atoms with Gasteiger partial charge in [-0.1, -0.05) is 41.1 Å². The van der Waals surface area contributed by atoms with Crippen molar-refractivity contribution in [2.24, 2.45) is 0 Å². The van der Waals surface area contributed by atoms with E-state index in [4.69, 9.17) is 4.52 Å². The molecule has 1 aliphatic heterocycles. The molecular formula is C24H24N4O2S. The van der Waals surface area contributed by atoms with Gasteiger partial charge in [-0.2, -0.15) is 0 Å². The summed E-state index contributed by atoms with van der Waals surface area (Å²) in [4.78, 5) is 23.5. The number of thiophene rings is 1. The normalized spacial score (nSPS) is 15.0. The van der Waals surface area contributed by atoms with Crippen LogP contribution in [0.5, 0.6) is 0 Å². The molecule has 5 rings (SSSR count). The van der Waals surface area contributed by atoms with E-state index in [1.165, 1.54) is 11.1 Å². The van der Waals surface area contributed by atoms with E-state index < -0.39 is 0 Å². The first kappa shape index (κ1) is 19.9. The molecule has 1 saturated heterocycles. The molecule has 4 aromatic rings. The van der Waals surface area contributed by atoms with E-state index in [0.29, 0.717) is 35.4 Å². The number of hydrogen-bond donors (Lipinski definition) is 0. The molecule has 0 unspecified atom stereocenters. The maximum atomic E-state index is 13.5. The van der Waals surface area contributed by atoms with Crippen molar-refractivity contribution in [3.8, 4) is 10.6 Å². The van der Waals surface area contributed by atoms with Crippen LogP contribution in [-0.4, -0.2) is 52.0 Å². The lowest BCUT2D eigenvalue weighted by atomic mass is 10.1. The molecule has 0 aliphatic carbocycles. The summed E-state index contributed by atoms with van der Waals surface area (Å²) in [6, 6.07) is 14.5. The molecule has 0 spiro atoms. The second-order valence-corrected chi connectivity index (χ2v) is 8.99. The number of benzene rings is 1. The van der Waals surface area contributed by atoms with Crippen molar-refractivity contribution in [3.05, 3.63) is 70.2 Å². The summed E-state index contributed by atoms with van der Waals surface area (Å²) < 4.78 is 5.42. The second kappa shape index (κ2) is 8.24. The Morgan fingerprint density at radius 1 is 1.10 bits per heavy atom. The van der Waals surface area contributed by atoms with Crippen molar-refractivity contribution < 1.29 is 9.32 Å². The number of carbonyl (C=O) groups excluding carboxylic acids is 1.